The molecule has 0 fully saturated rings. The van der Waals surface area contributed by atoms with Gasteiger partial charge in [0.15, 0.2) is 9.84 Å². The lowest BCUT2D eigenvalue weighted by molar-refractivity contribution is 0.0597. The van der Waals surface area contributed by atoms with Crippen molar-refractivity contribution in [3.63, 3.8) is 0 Å². The van der Waals surface area contributed by atoms with Gasteiger partial charge in [-0.2, -0.15) is 5.26 Å². The van der Waals surface area contributed by atoms with E-state index in [0.717, 1.165) is 5.56 Å². The summed E-state index contributed by atoms with van der Waals surface area (Å²) in [5.41, 5.74) is 2.20. The van der Waals surface area contributed by atoms with E-state index < -0.39 is 15.8 Å². The van der Waals surface area contributed by atoms with E-state index in [1.54, 1.807) is 42.5 Å². The van der Waals surface area contributed by atoms with E-state index in [4.69, 9.17) is 5.26 Å². The minimum absolute atomic E-state index is 0.0342. The zero-order valence-corrected chi connectivity index (χ0v) is 16.3. The summed E-state index contributed by atoms with van der Waals surface area (Å²) in [4.78, 5) is 11.7. The first-order valence-corrected chi connectivity index (χ1v) is 10.2. The highest BCUT2D eigenvalue weighted by atomic mass is 32.2. The summed E-state index contributed by atoms with van der Waals surface area (Å²) in [6.45, 7) is 0. The molecule has 6 nitrogen and oxygen atoms in total. The van der Waals surface area contributed by atoms with Gasteiger partial charge in [-0.15, -0.1) is 0 Å². The number of hydrogen-bond donors (Lipinski definition) is 1. The van der Waals surface area contributed by atoms with Crippen LogP contribution in [-0.4, -0.2) is 26.6 Å². The van der Waals surface area contributed by atoms with Gasteiger partial charge in [0.05, 0.1) is 29.4 Å². The fraction of sp³-hybridized carbons (Fsp3) is 0.0909. The van der Waals surface area contributed by atoms with Crippen LogP contribution in [0.1, 0.15) is 21.5 Å². The number of nitrogens with zero attached hydrogens (tertiary/aromatic N) is 1. The number of carbonyl (C=O) groups is 1. The van der Waals surface area contributed by atoms with E-state index in [-0.39, 0.29) is 22.0 Å². The topological polar surface area (TPSA) is 104 Å². The fourth-order valence-electron chi connectivity index (χ4n) is 2.89. The molecule has 0 aliphatic carbocycles. The summed E-state index contributed by atoms with van der Waals surface area (Å²) in [7, 11) is -2.51. The van der Waals surface area contributed by atoms with E-state index in [1.165, 1.54) is 31.4 Å². The molecule has 0 saturated carbocycles. The Balaban J connectivity index is 1.91. The van der Waals surface area contributed by atoms with Crippen LogP contribution in [0, 0.1) is 11.3 Å². The normalized spacial score (nSPS) is 10.9. The molecule has 0 unspecified atom stereocenters. The third-order valence-electron chi connectivity index (χ3n) is 4.34. The van der Waals surface area contributed by atoms with Crippen molar-refractivity contribution >= 4 is 15.8 Å². The number of benzene rings is 3. The second-order valence-electron chi connectivity index (χ2n) is 6.32. The summed E-state index contributed by atoms with van der Waals surface area (Å²) in [6, 6.07) is 19.5. The predicted octanol–water partition coefficient (Wildman–Crippen LogP) is 3.69. The second-order valence-corrected chi connectivity index (χ2v) is 8.31. The molecule has 0 aliphatic rings. The van der Waals surface area contributed by atoms with E-state index in [9.17, 15) is 18.3 Å². The van der Waals surface area contributed by atoms with Gasteiger partial charge in [-0.3, -0.25) is 0 Å². The number of carbonyl (C=O) groups excluding carboxylic acids is 1. The minimum Gasteiger partial charge on any atom is -0.507 e. The Labute approximate surface area is 168 Å². The highest BCUT2D eigenvalue weighted by molar-refractivity contribution is 7.90. The van der Waals surface area contributed by atoms with Gasteiger partial charge in [-0.25, -0.2) is 13.2 Å². The molecule has 0 amide bonds. The predicted molar refractivity (Wildman–Crippen MR) is 107 cm³/mol. The minimum atomic E-state index is -3.71. The Morgan fingerprint density at radius 1 is 1.03 bits per heavy atom. The largest absolute Gasteiger partial charge is 0.507 e. The molecule has 0 spiro atoms. The molecule has 0 heterocycles. The number of methoxy groups -OCH3 is 1. The zero-order valence-electron chi connectivity index (χ0n) is 15.5. The van der Waals surface area contributed by atoms with Gasteiger partial charge in [0.2, 0.25) is 0 Å². The first-order chi connectivity index (χ1) is 13.8. The van der Waals surface area contributed by atoms with Crippen LogP contribution in [0.4, 0.5) is 0 Å². The Morgan fingerprint density at radius 2 is 1.72 bits per heavy atom. The summed E-state index contributed by atoms with van der Waals surface area (Å²) in [5, 5.41) is 19.0. The van der Waals surface area contributed by atoms with Crippen LogP contribution in [-0.2, 0) is 20.3 Å². The first kappa shape index (κ1) is 20.1. The van der Waals surface area contributed by atoms with E-state index in [2.05, 4.69) is 10.8 Å². The van der Waals surface area contributed by atoms with E-state index in [1.807, 2.05) is 0 Å². The number of phenols is 1. The molecular weight excluding hydrogens is 390 g/mol. The van der Waals surface area contributed by atoms with Gasteiger partial charge < -0.3 is 9.84 Å². The average Bonchev–Trinajstić information content (AvgIpc) is 2.73. The van der Waals surface area contributed by atoms with Gasteiger partial charge in [0.25, 0.3) is 0 Å². The molecule has 0 aromatic heterocycles. The van der Waals surface area contributed by atoms with Crippen LogP contribution in [0.3, 0.4) is 0 Å². The Morgan fingerprint density at radius 3 is 2.38 bits per heavy atom. The Hall–Kier alpha value is -3.63. The van der Waals surface area contributed by atoms with Crippen LogP contribution >= 0.6 is 0 Å². The third kappa shape index (κ3) is 4.45. The van der Waals surface area contributed by atoms with Gasteiger partial charge >= 0.3 is 5.97 Å². The standard InChI is InChI=1S/C22H17NO5S/c1-28-22(25)20-9-8-16(11-21(20)24)14-29(26,27)19-7-3-6-18(12-19)17-5-2-4-15(10-17)13-23/h2-12,24H,14H2,1H3. The second kappa shape index (κ2) is 8.17. The van der Waals surface area contributed by atoms with Crippen LogP contribution in [0.25, 0.3) is 11.1 Å². The summed E-state index contributed by atoms with van der Waals surface area (Å²) >= 11 is 0. The zero-order chi connectivity index (χ0) is 21.0. The molecule has 29 heavy (non-hydrogen) atoms. The smallest absolute Gasteiger partial charge is 0.341 e. The lowest BCUT2D eigenvalue weighted by Crippen LogP contribution is -2.06. The first-order valence-electron chi connectivity index (χ1n) is 8.57. The summed E-state index contributed by atoms with van der Waals surface area (Å²) in [5.74, 6) is -1.39. The van der Waals surface area contributed by atoms with Crippen molar-refractivity contribution in [3.8, 4) is 22.9 Å². The van der Waals surface area contributed by atoms with E-state index in [0.29, 0.717) is 16.7 Å². The van der Waals surface area contributed by atoms with Crippen molar-refractivity contribution < 1.29 is 23.1 Å². The van der Waals surface area contributed by atoms with Gasteiger partial charge in [0, 0.05) is 0 Å². The summed E-state index contributed by atoms with van der Waals surface area (Å²) < 4.78 is 30.3. The average molecular weight is 407 g/mol. The van der Waals surface area contributed by atoms with Crippen LogP contribution in [0.15, 0.2) is 71.6 Å². The maximum absolute atomic E-state index is 12.9. The molecule has 146 valence electrons. The van der Waals surface area contributed by atoms with Crippen LogP contribution < -0.4 is 0 Å². The lowest BCUT2D eigenvalue weighted by Gasteiger charge is -2.09. The fourth-order valence-corrected chi connectivity index (χ4v) is 4.27. The SMILES string of the molecule is COC(=O)c1ccc(CS(=O)(=O)c2cccc(-c3cccc(C#N)c3)c2)cc1O. The number of aromatic hydroxyl groups is 1. The molecule has 3 aromatic rings. The number of phenolic OH excluding ortho intramolecular Hbond substituents is 1. The lowest BCUT2D eigenvalue weighted by atomic mass is 10.0. The highest BCUT2D eigenvalue weighted by Crippen LogP contribution is 2.27. The van der Waals surface area contributed by atoms with Gasteiger partial charge in [0.1, 0.15) is 11.3 Å². The van der Waals surface area contributed by atoms with Crippen LogP contribution in [0.2, 0.25) is 0 Å². The third-order valence-corrected chi connectivity index (χ3v) is 6.03. The quantitative estimate of drug-likeness (QED) is 0.647. The molecule has 1 N–H and O–H groups in total. The maximum Gasteiger partial charge on any atom is 0.341 e. The molecule has 3 aromatic carbocycles. The number of rotatable bonds is 5. The highest BCUT2D eigenvalue weighted by Gasteiger charge is 2.18. The van der Waals surface area contributed by atoms with Crippen molar-refractivity contribution in [2.45, 2.75) is 10.6 Å². The number of sulfone groups is 1. The Bertz CT molecular complexity index is 1230. The number of nitriles is 1. The van der Waals surface area contributed by atoms with Crippen molar-refractivity contribution in [1.82, 2.24) is 0 Å². The van der Waals surface area contributed by atoms with E-state index >= 15 is 0 Å². The monoisotopic (exact) mass is 407 g/mol. The van der Waals surface area contributed by atoms with Gasteiger partial charge in [-0.1, -0.05) is 30.3 Å². The molecule has 0 atom stereocenters. The van der Waals surface area contributed by atoms with Crippen molar-refractivity contribution in [3.05, 3.63) is 83.4 Å². The molecular formula is C22H17NO5S. The van der Waals surface area contributed by atoms with Crippen molar-refractivity contribution in [2.75, 3.05) is 7.11 Å². The molecule has 0 radical (unpaired) electrons. The molecule has 7 heteroatoms. The number of hydrogen-bond acceptors (Lipinski definition) is 6. The Kier molecular flexibility index (Phi) is 5.66. The molecule has 0 saturated heterocycles. The van der Waals surface area contributed by atoms with Crippen molar-refractivity contribution in [2.24, 2.45) is 0 Å². The molecule has 0 aliphatic heterocycles. The summed E-state index contributed by atoms with van der Waals surface area (Å²) in [6.07, 6.45) is 0. The maximum atomic E-state index is 12.9. The molecule has 3 rings (SSSR count). The molecule has 0 bridgehead atoms. The van der Waals surface area contributed by atoms with Crippen molar-refractivity contribution in [1.29, 1.82) is 5.26 Å². The number of ether oxygens (including phenoxy) is 1. The van der Waals surface area contributed by atoms with Gasteiger partial charge in [-0.05, 0) is 53.1 Å². The van der Waals surface area contributed by atoms with Crippen LogP contribution in [0.5, 0.6) is 5.75 Å². The number of esters is 1.